The van der Waals surface area contributed by atoms with Gasteiger partial charge < -0.3 is 10.0 Å². The van der Waals surface area contributed by atoms with Crippen LogP contribution in [0.4, 0.5) is 4.39 Å². The van der Waals surface area contributed by atoms with Crippen molar-refractivity contribution >= 4 is 5.91 Å². The standard InChI is InChI=1S/C16H22FNO2/c1-3-16(20)7-4-8-18(11-16)15(19)10-13-5-6-14(17)12(2)9-13/h5-6,9,20H,3-4,7-8,10-11H2,1-2H3/t16-/m0/s1. The van der Waals surface area contributed by atoms with E-state index in [4.69, 9.17) is 0 Å². The van der Waals surface area contributed by atoms with E-state index >= 15 is 0 Å². The van der Waals surface area contributed by atoms with E-state index in [1.54, 1.807) is 24.0 Å². The Balaban J connectivity index is 2.02. The van der Waals surface area contributed by atoms with E-state index in [2.05, 4.69) is 0 Å². The average molecular weight is 279 g/mol. The van der Waals surface area contributed by atoms with Crippen molar-refractivity contribution in [3.63, 3.8) is 0 Å². The quantitative estimate of drug-likeness (QED) is 0.923. The molecule has 1 aliphatic heterocycles. The summed E-state index contributed by atoms with van der Waals surface area (Å²) in [4.78, 5) is 14.0. The van der Waals surface area contributed by atoms with E-state index in [0.29, 0.717) is 25.1 Å². The minimum atomic E-state index is -0.743. The molecule has 0 aromatic heterocycles. The summed E-state index contributed by atoms with van der Waals surface area (Å²) in [5, 5.41) is 10.3. The second kappa shape index (κ2) is 5.92. The lowest BCUT2D eigenvalue weighted by atomic mass is 9.90. The smallest absolute Gasteiger partial charge is 0.227 e. The summed E-state index contributed by atoms with van der Waals surface area (Å²) in [6.07, 6.45) is 2.51. The maximum absolute atomic E-state index is 13.2. The van der Waals surface area contributed by atoms with Gasteiger partial charge in [0.2, 0.25) is 5.91 Å². The van der Waals surface area contributed by atoms with Crippen molar-refractivity contribution in [1.29, 1.82) is 0 Å². The number of β-amino-alcohol motifs (C(OH)–C–C–N with tert-alkyl or cyclic N) is 1. The van der Waals surface area contributed by atoms with Crippen molar-refractivity contribution in [2.24, 2.45) is 0 Å². The molecular formula is C16H22FNO2. The van der Waals surface area contributed by atoms with Crippen LogP contribution < -0.4 is 0 Å². The Kier molecular flexibility index (Phi) is 4.43. The molecule has 0 unspecified atom stereocenters. The number of halogens is 1. The second-order valence-electron chi connectivity index (χ2n) is 5.76. The predicted octanol–water partition coefficient (Wildman–Crippen LogP) is 2.44. The Bertz CT molecular complexity index is 503. The molecule has 1 N–H and O–H groups in total. The summed E-state index contributed by atoms with van der Waals surface area (Å²) in [6.45, 7) is 4.74. The minimum Gasteiger partial charge on any atom is -0.388 e. The number of likely N-dealkylation sites (tertiary alicyclic amines) is 1. The molecule has 1 atom stereocenters. The fourth-order valence-corrected chi connectivity index (χ4v) is 2.72. The molecule has 3 nitrogen and oxygen atoms in total. The fourth-order valence-electron chi connectivity index (χ4n) is 2.72. The molecule has 1 amide bonds. The first-order chi connectivity index (χ1) is 9.43. The van der Waals surface area contributed by atoms with Gasteiger partial charge in [0.1, 0.15) is 5.82 Å². The van der Waals surface area contributed by atoms with Crippen molar-refractivity contribution in [2.45, 2.75) is 45.1 Å². The maximum atomic E-state index is 13.2. The topological polar surface area (TPSA) is 40.5 Å². The van der Waals surface area contributed by atoms with E-state index < -0.39 is 5.60 Å². The monoisotopic (exact) mass is 279 g/mol. The van der Waals surface area contributed by atoms with E-state index in [1.807, 2.05) is 6.92 Å². The van der Waals surface area contributed by atoms with E-state index in [-0.39, 0.29) is 18.1 Å². The highest BCUT2D eigenvalue weighted by molar-refractivity contribution is 5.79. The Hall–Kier alpha value is -1.42. The number of hydrogen-bond donors (Lipinski definition) is 1. The van der Waals surface area contributed by atoms with Crippen LogP contribution in [0.1, 0.15) is 37.3 Å². The molecule has 1 aliphatic rings. The molecule has 4 heteroatoms. The highest BCUT2D eigenvalue weighted by Gasteiger charge is 2.33. The van der Waals surface area contributed by atoms with Gasteiger partial charge in [-0.15, -0.1) is 0 Å². The molecule has 110 valence electrons. The molecule has 1 saturated heterocycles. The highest BCUT2D eigenvalue weighted by atomic mass is 19.1. The van der Waals surface area contributed by atoms with Crippen LogP contribution in [0, 0.1) is 12.7 Å². The Morgan fingerprint density at radius 2 is 2.25 bits per heavy atom. The Labute approximate surface area is 119 Å². The maximum Gasteiger partial charge on any atom is 0.227 e. The van der Waals surface area contributed by atoms with Gasteiger partial charge in [0.25, 0.3) is 0 Å². The second-order valence-corrected chi connectivity index (χ2v) is 5.76. The van der Waals surface area contributed by atoms with Crippen LogP contribution in [0.15, 0.2) is 18.2 Å². The number of nitrogens with zero attached hydrogens (tertiary/aromatic N) is 1. The minimum absolute atomic E-state index is 0.00239. The number of amides is 1. The van der Waals surface area contributed by atoms with E-state index in [1.165, 1.54) is 6.07 Å². The Morgan fingerprint density at radius 3 is 2.90 bits per heavy atom. The first-order valence-electron chi connectivity index (χ1n) is 7.19. The van der Waals surface area contributed by atoms with Crippen LogP contribution in [0.5, 0.6) is 0 Å². The number of piperidine rings is 1. The summed E-state index contributed by atoms with van der Waals surface area (Å²) >= 11 is 0. The zero-order chi connectivity index (χ0) is 14.8. The zero-order valence-electron chi connectivity index (χ0n) is 12.2. The van der Waals surface area contributed by atoms with Gasteiger partial charge in [-0.25, -0.2) is 4.39 Å². The van der Waals surface area contributed by atoms with Crippen LogP contribution in [-0.4, -0.2) is 34.6 Å². The normalized spacial score (nSPS) is 22.9. The van der Waals surface area contributed by atoms with Crippen LogP contribution in [0.2, 0.25) is 0 Å². The van der Waals surface area contributed by atoms with Gasteiger partial charge in [0.15, 0.2) is 0 Å². The molecule has 1 aromatic rings. The van der Waals surface area contributed by atoms with Gasteiger partial charge in [-0.1, -0.05) is 19.1 Å². The Morgan fingerprint density at radius 1 is 1.50 bits per heavy atom. The molecule has 1 aromatic carbocycles. The highest BCUT2D eigenvalue weighted by Crippen LogP contribution is 2.24. The molecule has 0 aliphatic carbocycles. The first-order valence-corrected chi connectivity index (χ1v) is 7.19. The van der Waals surface area contributed by atoms with Crippen LogP contribution in [0.3, 0.4) is 0 Å². The summed E-state index contributed by atoms with van der Waals surface area (Å²) in [5.41, 5.74) is 0.630. The number of carbonyl (C=O) groups excluding carboxylic acids is 1. The van der Waals surface area contributed by atoms with Gasteiger partial charge in [-0.2, -0.15) is 0 Å². The molecule has 0 saturated carbocycles. The van der Waals surface area contributed by atoms with Gasteiger partial charge in [0, 0.05) is 13.1 Å². The predicted molar refractivity (Wildman–Crippen MR) is 75.9 cm³/mol. The lowest BCUT2D eigenvalue weighted by Gasteiger charge is -2.38. The van der Waals surface area contributed by atoms with Gasteiger partial charge in [0.05, 0.1) is 12.0 Å². The third-order valence-corrected chi connectivity index (χ3v) is 4.14. The van der Waals surface area contributed by atoms with Crippen molar-refractivity contribution < 1.29 is 14.3 Å². The third kappa shape index (κ3) is 3.37. The molecule has 20 heavy (non-hydrogen) atoms. The number of rotatable bonds is 3. The summed E-state index contributed by atoms with van der Waals surface area (Å²) in [5.74, 6) is -0.248. The fraction of sp³-hybridized carbons (Fsp3) is 0.562. The molecule has 0 bridgehead atoms. The summed E-state index contributed by atoms with van der Waals surface area (Å²) < 4.78 is 13.2. The van der Waals surface area contributed by atoms with Crippen molar-refractivity contribution in [2.75, 3.05) is 13.1 Å². The number of aliphatic hydroxyl groups is 1. The third-order valence-electron chi connectivity index (χ3n) is 4.14. The van der Waals surface area contributed by atoms with Crippen molar-refractivity contribution in [3.05, 3.63) is 35.1 Å². The molecular weight excluding hydrogens is 257 g/mol. The van der Waals surface area contributed by atoms with Crippen LogP contribution in [-0.2, 0) is 11.2 Å². The molecule has 1 fully saturated rings. The lowest BCUT2D eigenvalue weighted by molar-refractivity contribution is -0.137. The number of hydrogen-bond acceptors (Lipinski definition) is 2. The van der Waals surface area contributed by atoms with Crippen molar-refractivity contribution in [3.8, 4) is 0 Å². The van der Waals surface area contributed by atoms with Crippen molar-refractivity contribution in [1.82, 2.24) is 4.90 Å². The number of benzene rings is 1. The first kappa shape index (κ1) is 15.0. The molecule has 0 radical (unpaired) electrons. The summed E-state index contributed by atoms with van der Waals surface area (Å²) in [6, 6.07) is 4.76. The lowest BCUT2D eigenvalue weighted by Crippen LogP contribution is -2.50. The van der Waals surface area contributed by atoms with Gasteiger partial charge >= 0.3 is 0 Å². The van der Waals surface area contributed by atoms with Crippen LogP contribution >= 0.6 is 0 Å². The van der Waals surface area contributed by atoms with Gasteiger partial charge in [-0.3, -0.25) is 4.79 Å². The molecule has 0 spiro atoms. The number of aryl methyl sites for hydroxylation is 1. The van der Waals surface area contributed by atoms with Crippen LogP contribution in [0.25, 0.3) is 0 Å². The number of carbonyl (C=O) groups is 1. The van der Waals surface area contributed by atoms with E-state index in [9.17, 15) is 14.3 Å². The molecule has 1 heterocycles. The molecule has 2 rings (SSSR count). The van der Waals surface area contributed by atoms with E-state index in [0.717, 1.165) is 18.4 Å². The SMILES string of the molecule is CC[C@]1(O)CCCN(C(=O)Cc2ccc(F)c(C)c2)C1. The largest absolute Gasteiger partial charge is 0.388 e. The average Bonchev–Trinajstić information content (AvgIpc) is 2.43. The van der Waals surface area contributed by atoms with Gasteiger partial charge in [-0.05, 0) is 43.4 Å². The summed E-state index contributed by atoms with van der Waals surface area (Å²) in [7, 11) is 0. The zero-order valence-corrected chi connectivity index (χ0v) is 12.2.